The number of aromatic nitrogens is 1. The quantitative estimate of drug-likeness (QED) is 0.459. The summed E-state index contributed by atoms with van der Waals surface area (Å²) in [5.41, 5.74) is 8.25. The molecule has 0 aliphatic heterocycles. The first-order valence-electron chi connectivity index (χ1n) is 11.1. The summed E-state index contributed by atoms with van der Waals surface area (Å²) in [6, 6.07) is 21.7. The van der Waals surface area contributed by atoms with Crippen molar-refractivity contribution < 1.29 is 19.5 Å². The molecule has 0 saturated heterocycles. The van der Waals surface area contributed by atoms with Gasteiger partial charge in [-0.1, -0.05) is 54.6 Å². The largest absolute Gasteiger partial charge is 0.482 e. The molecule has 170 valence electrons. The number of nitrogens with zero attached hydrogens (tertiary/aromatic N) is 1. The van der Waals surface area contributed by atoms with Gasteiger partial charge in [-0.15, -0.1) is 0 Å². The maximum absolute atomic E-state index is 10.8. The van der Waals surface area contributed by atoms with Gasteiger partial charge in [0, 0.05) is 11.9 Å². The fourth-order valence-corrected chi connectivity index (χ4v) is 4.21. The van der Waals surface area contributed by atoms with Crippen LogP contribution in [0.5, 0.6) is 5.75 Å². The molecule has 6 heteroatoms. The van der Waals surface area contributed by atoms with Crippen LogP contribution >= 0.6 is 0 Å². The summed E-state index contributed by atoms with van der Waals surface area (Å²) >= 11 is 0. The fraction of sp³-hybridized carbons (Fsp3) is 0.259. The molecule has 0 saturated carbocycles. The molecule has 2 N–H and O–H groups in total. The summed E-state index contributed by atoms with van der Waals surface area (Å²) in [4.78, 5) is 21.4. The highest BCUT2D eigenvalue weighted by molar-refractivity contribution is 5.68. The minimum Gasteiger partial charge on any atom is -0.482 e. The van der Waals surface area contributed by atoms with Gasteiger partial charge in [0.05, 0.1) is 5.69 Å². The number of hydrogen-bond donors (Lipinski definition) is 2. The first-order valence-corrected chi connectivity index (χ1v) is 11.1. The van der Waals surface area contributed by atoms with Crippen LogP contribution in [-0.4, -0.2) is 22.7 Å². The minimum atomic E-state index is -0.967. The van der Waals surface area contributed by atoms with Gasteiger partial charge in [0.15, 0.2) is 12.7 Å². The molecular weight excluding hydrogens is 416 g/mol. The van der Waals surface area contributed by atoms with Crippen LogP contribution in [0.3, 0.4) is 0 Å². The lowest BCUT2D eigenvalue weighted by atomic mass is 9.83. The standard InChI is InChI=1S/C27H28N2O4/c1-19(29-33-27(21-8-3-2-4-9-21)24-11-5-6-15-28-24)16-20-13-14-23-22(17-20)10-7-12-25(23)32-18-26(30)31/h2-12,15-16,20,27,29H,13-14,17-18H2,1H3,(H,30,31). The van der Waals surface area contributed by atoms with Crippen molar-refractivity contribution in [2.45, 2.75) is 32.3 Å². The molecule has 3 aromatic rings. The summed E-state index contributed by atoms with van der Waals surface area (Å²) in [5, 5.41) is 8.90. The van der Waals surface area contributed by atoms with E-state index in [0.29, 0.717) is 11.7 Å². The van der Waals surface area contributed by atoms with E-state index in [1.165, 1.54) is 5.56 Å². The third-order valence-electron chi connectivity index (χ3n) is 5.71. The van der Waals surface area contributed by atoms with E-state index in [0.717, 1.165) is 41.8 Å². The molecule has 4 rings (SSSR count). The van der Waals surface area contributed by atoms with Gasteiger partial charge in [0.1, 0.15) is 5.75 Å². The molecule has 1 aromatic heterocycles. The number of carboxylic acids is 1. The second-order valence-electron chi connectivity index (χ2n) is 8.19. The number of carbonyl (C=O) groups is 1. The van der Waals surface area contributed by atoms with Crippen molar-refractivity contribution in [3.05, 3.63) is 107 Å². The van der Waals surface area contributed by atoms with Crippen molar-refractivity contribution in [3.63, 3.8) is 0 Å². The van der Waals surface area contributed by atoms with E-state index in [9.17, 15) is 4.79 Å². The molecule has 1 aliphatic rings. The zero-order valence-corrected chi connectivity index (χ0v) is 18.6. The first-order chi connectivity index (χ1) is 16.1. The lowest BCUT2D eigenvalue weighted by molar-refractivity contribution is -0.139. The van der Waals surface area contributed by atoms with Gasteiger partial charge in [-0.3, -0.25) is 15.3 Å². The van der Waals surface area contributed by atoms with Crippen molar-refractivity contribution in [2.24, 2.45) is 5.92 Å². The number of pyridine rings is 1. The number of allylic oxidation sites excluding steroid dienone is 2. The van der Waals surface area contributed by atoms with Gasteiger partial charge >= 0.3 is 5.97 Å². The van der Waals surface area contributed by atoms with Crippen LogP contribution < -0.4 is 10.2 Å². The summed E-state index contributed by atoms with van der Waals surface area (Å²) in [7, 11) is 0. The number of rotatable bonds is 9. The molecule has 2 unspecified atom stereocenters. The number of carboxylic acid groups (broad SMARTS) is 1. The molecule has 1 heterocycles. The number of hydrogen-bond acceptors (Lipinski definition) is 5. The van der Waals surface area contributed by atoms with Crippen molar-refractivity contribution >= 4 is 5.97 Å². The predicted molar refractivity (Wildman–Crippen MR) is 126 cm³/mol. The molecular formula is C27H28N2O4. The van der Waals surface area contributed by atoms with Crippen LogP contribution in [0.15, 0.2) is 84.7 Å². The van der Waals surface area contributed by atoms with Crippen molar-refractivity contribution in [1.29, 1.82) is 0 Å². The van der Waals surface area contributed by atoms with Gasteiger partial charge in [-0.2, -0.15) is 0 Å². The van der Waals surface area contributed by atoms with Gasteiger partial charge in [-0.05, 0) is 67.0 Å². The van der Waals surface area contributed by atoms with E-state index in [1.54, 1.807) is 6.20 Å². The number of ether oxygens (including phenoxy) is 1. The lowest BCUT2D eigenvalue weighted by Gasteiger charge is -2.25. The lowest BCUT2D eigenvalue weighted by Crippen LogP contribution is -2.21. The monoisotopic (exact) mass is 444 g/mol. The van der Waals surface area contributed by atoms with Gasteiger partial charge in [-0.25, -0.2) is 4.79 Å². The summed E-state index contributed by atoms with van der Waals surface area (Å²) in [6.45, 7) is 1.68. The maximum atomic E-state index is 10.8. The molecule has 1 aliphatic carbocycles. The molecule has 0 spiro atoms. The average molecular weight is 445 g/mol. The third-order valence-corrected chi connectivity index (χ3v) is 5.71. The zero-order chi connectivity index (χ0) is 23.0. The highest BCUT2D eigenvalue weighted by Gasteiger charge is 2.21. The Morgan fingerprint density at radius 2 is 1.97 bits per heavy atom. The van der Waals surface area contributed by atoms with E-state index in [1.807, 2.05) is 67.6 Å². The third kappa shape index (κ3) is 5.99. The smallest absolute Gasteiger partial charge is 0.341 e. The molecule has 33 heavy (non-hydrogen) atoms. The van der Waals surface area contributed by atoms with E-state index in [-0.39, 0.29) is 12.7 Å². The van der Waals surface area contributed by atoms with Crippen LogP contribution in [0.25, 0.3) is 0 Å². The van der Waals surface area contributed by atoms with Gasteiger partial charge in [0.25, 0.3) is 0 Å². The number of fused-ring (bicyclic) bond motifs is 1. The summed E-state index contributed by atoms with van der Waals surface area (Å²) in [6.07, 6.45) is 6.33. The molecule has 0 amide bonds. The molecule has 0 fully saturated rings. The van der Waals surface area contributed by atoms with E-state index < -0.39 is 5.97 Å². The number of nitrogens with one attached hydrogen (secondary N) is 1. The number of benzene rings is 2. The minimum absolute atomic E-state index is 0.320. The Morgan fingerprint density at radius 1 is 1.15 bits per heavy atom. The van der Waals surface area contributed by atoms with Crippen molar-refractivity contribution in [2.75, 3.05) is 6.61 Å². The molecule has 2 aromatic carbocycles. The van der Waals surface area contributed by atoms with E-state index >= 15 is 0 Å². The topological polar surface area (TPSA) is 80.7 Å². The molecule has 0 bridgehead atoms. The first kappa shape index (κ1) is 22.6. The Kier molecular flexibility index (Phi) is 7.37. The maximum Gasteiger partial charge on any atom is 0.341 e. The summed E-state index contributed by atoms with van der Waals surface area (Å²) in [5.74, 6) is 0.0651. The Morgan fingerprint density at radius 3 is 2.73 bits per heavy atom. The van der Waals surface area contributed by atoms with Crippen molar-refractivity contribution in [1.82, 2.24) is 10.5 Å². The van der Waals surface area contributed by atoms with E-state index in [4.69, 9.17) is 14.7 Å². The van der Waals surface area contributed by atoms with Crippen LogP contribution in [0.2, 0.25) is 0 Å². The Labute approximate surface area is 193 Å². The Balaban J connectivity index is 1.42. The van der Waals surface area contributed by atoms with Crippen molar-refractivity contribution in [3.8, 4) is 5.75 Å². The number of hydroxylamine groups is 1. The fourth-order valence-electron chi connectivity index (χ4n) is 4.21. The molecule has 2 atom stereocenters. The van der Waals surface area contributed by atoms with E-state index in [2.05, 4.69) is 22.6 Å². The second kappa shape index (κ2) is 10.8. The van der Waals surface area contributed by atoms with Gasteiger partial charge < -0.3 is 9.84 Å². The SMILES string of the molecule is CC(=CC1CCc2c(cccc2OCC(=O)O)C1)NOC(c1ccccc1)c1ccccn1. The van der Waals surface area contributed by atoms with Crippen LogP contribution in [0.1, 0.15) is 41.8 Å². The normalized spacial score (nSPS) is 16.5. The zero-order valence-electron chi connectivity index (χ0n) is 18.6. The molecule has 0 radical (unpaired) electrons. The Hall–Kier alpha value is -3.64. The predicted octanol–water partition coefficient (Wildman–Crippen LogP) is 4.86. The van der Waals surface area contributed by atoms with Gasteiger partial charge in [0.2, 0.25) is 0 Å². The highest BCUT2D eigenvalue weighted by atomic mass is 16.7. The molecule has 6 nitrogen and oxygen atoms in total. The van der Waals surface area contributed by atoms with Crippen LogP contribution in [0, 0.1) is 5.92 Å². The Bertz CT molecular complexity index is 1060. The number of aliphatic carboxylic acids is 1. The second-order valence-corrected chi connectivity index (χ2v) is 8.19. The average Bonchev–Trinajstić information content (AvgIpc) is 2.84. The summed E-state index contributed by atoms with van der Waals surface area (Å²) < 4.78 is 5.48. The van der Waals surface area contributed by atoms with Crippen LogP contribution in [-0.2, 0) is 22.5 Å². The van der Waals surface area contributed by atoms with Crippen LogP contribution in [0.4, 0.5) is 0 Å². The highest BCUT2D eigenvalue weighted by Crippen LogP contribution is 2.33.